The second-order valence-corrected chi connectivity index (χ2v) is 4.12. The minimum atomic E-state index is -5.95. The Balaban J connectivity index is 2.55. The van der Waals surface area contributed by atoms with E-state index in [2.05, 4.69) is 0 Å². The second kappa shape index (κ2) is 4.69. The van der Waals surface area contributed by atoms with Crippen molar-refractivity contribution in [1.29, 1.82) is 0 Å². The smallest absolute Gasteiger partial charge is 0.454 e. The summed E-state index contributed by atoms with van der Waals surface area (Å²) < 4.78 is 73.1. The van der Waals surface area contributed by atoms with Gasteiger partial charge < -0.3 is 15.2 Å². The molecule has 0 saturated carbocycles. The molecule has 2 rings (SSSR count). The summed E-state index contributed by atoms with van der Waals surface area (Å²) in [5.74, 6) is -5.66. The number of benzene rings is 1. The summed E-state index contributed by atoms with van der Waals surface area (Å²) in [6.45, 7) is -0.332. The molecule has 21 heavy (non-hydrogen) atoms. The van der Waals surface area contributed by atoms with Crippen LogP contribution in [0.1, 0.15) is 11.6 Å². The summed E-state index contributed by atoms with van der Waals surface area (Å²) in [6, 6.07) is -1.60. The Morgan fingerprint density at radius 3 is 2.19 bits per heavy atom. The van der Waals surface area contributed by atoms with Gasteiger partial charge >= 0.3 is 12.1 Å². The molecule has 0 aliphatic carbocycles. The fraction of sp³-hybridized carbons (Fsp3) is 0.400. The van der Waals surface area contributed by atoms with Crippen LogP contribution in [0.2, 0.25) is 0 Å². The second-order valence-electron chi connectivity index (χ2n) is 4.12. The topological polar surface area (TPSA) is 87.6 Å². The van der Waals surface area contributed by atoms with Crippen LogP contribution in [0, 0.1) is 10.1 Å². The van der Waals surface area contributed by atoms with Crippen LogP contribution < -0.4 is 15.2 Å². The Bertz CT molecular complexity index is 590. The number of nitro benzene ring substituents is 1. The van der Waals surface area contributed by atoms with Crippen LogP contribution in [0.4, 0.5) is 27.6 Å². The molecule has 0 fully saturated rings. The van der Waals surface area contributed by atoms with Gasteiger partial charge in [-0.3, -0.25) is 10.1 Å². The van der Waals surface area contributed by atoms with E-state index >= 15 is 0 Å². The molecule has 2 N–H and O–H groups in total. The summed E-state index contributed by atoms with van der Waals surface area (Å²) in [7, 11) is 0. The molecule has 1 atom stereocenters. The van der Waals surface area contributed by atoms with Crippen LogP contribution in [0.15, 0.2) is 12.1 Å². The first-order valence-electron chi connectivity index (χ1n) is 5.33. The predicted octanol–water partition coefficient (Wildman–Crippen LogP) is 2.52. The molecule has 1 aliphatic rings. The van der Waals surface area contributed by atoms with E-state index < -0.39 is 34.3 Å². The minimum absolute atomic E-state index is 0.132. The van der Waals surface area contributed by atoms with Gasteiger partial charge in [0.25, 0.3) is 5.69 Å². The zero-order valence-corrected chi connectivity index (χ0v) is 9.99. The molecule has 6 nitrogen and oxygen atoms in total. The van der Waals surface area contributed by atoms with Gasteiger partial charge in [0.2, 0.25) is 6.79 Å². The van der Waals surface area contributed by atoms with Crippen molar-refractivity contribution < 1.29 is 36.3 Å². The van der Waals surface area contributed by atoms with Crippen molar-refractivity contribution in [3.05, 3.63) is 27.8 Å². The van der Waals surface area contributed by atoms with Crippen LogP contribution in [-0.2, 0) is 0 Å². The van der Waals surface area contributed by atoms with E-state index in [1.807, 2.05) is 0 Å². The highest BCUT2D eigenvalue weighted by atomic mass is 19.4. The van der Waals surface area contributed by atoms with Crippen LogP contribution >= 0.6 is 0 Å². The van der Waals surface area contributed by atoms with Crippen molar-refractivity contribution in [1.82, 2.24) is 0 Å². The molecule has 1 aromatic carbocycles. The molecule has 0 saturated heterocycles. The molecule has 1 aromatic rings. The molecular formula is C10H7F5N2O4. The van der Waals surface area contributed by atoms with Gasteiger partial charge in [0.05, 0.1) is 16.6 Å². The van der Waals surface area contributed by atoms with E-state index in [1.54, 1.807) is 0 Å². The molecule has 0 bridgehead atoms. The third kappa shape index (κ3) is 2.44. The number of hydrogen-bond donors (Lipinski definition) is 1. The number of rotatable bonds is 3. The van der Waals surface area contributed by atoms with Gasteiger partial charge in [0, 0.05) is 0 Å². The Labute approximate surface area is 113 Å². The lowest BCUT2D eigenvalue weighted by molar-refractivity contribution is -0.386. The van der Waals surface area contributed by atoms with E-state index in [9.17, 15) is 32.1 Å². The van der Waals surface area contributed by atoms with Crippen LogP contribution in [0.25, 0.3) is 0 Å². The Kier molecular flexibility index (Phi) is 3.40. The van der Waals surface area contributed by atoms with Crippen LogP contribution in [0.5, 0.6) is 11.5 Å². The SMILES string of the molecule is N[C@@H](c1cc2c(cc1[N+](=O)[O-])OCO2)C(F)(F)C(F)(F)F. The fourth-order valence-corrected chi connectivity index (χ4v) is 1.73. The Morgan fingerprint density at radius 1 is 1.19 bits per heavy atom. The van der Waals surface area contributed by atoms with Gasteiger partial charge in [0.1, 0.15) is 6.04 Å². The quantitative estimate of drug-likeness (QED) is 0.526. The fourth-order valence-electron chi connectivity index (χ4n) is 1.73. The van der Waals surface area contributed by atoms with Crippen LogP contribution in [0.3, 0.4) is 0 Å². The molecule has 11 heteroatoms. The van der Waals surface area contributed by atoms with E-state index in [4.69, 9.17) is 15.2 Å². The van der Waals surface area contributed by atoms with Gasteiger partial charge in [-0.05, 0) is 6.07 Å². The van der Waals surface area contributed by atoms with Crippen molar-refractivity contribution in [2.75, 3.05) is 6.79 Å². The third-order valence-electron chi connectivity index (χ3n) is 2.82. The van der Waals surface area contributed by atoms with E-state index in [0.717, 1.165) is 0 Å². The van der Waals surface area contributed by atoms with Gasteiger partial charge in [-0.25, -0.2) is 0 Å². The number of halogens is 5. The molecule has 0 amide bonds. The number of hydrogen-bond acceptors (Lipinski definition) is 5. The molecule has 0 aromatic heterocycles. The van der Waals surface area contributed by atoms with Crippen molar-refractivity contribution >= 4 is 5.69 Å². The molecule has 1 heterocycles. The average Bonchev–Trinajstić information content (AvgIpc) is 2.81. The highest BCUT2D eigenvalue weighted by molar-refractivity contribution is 5.56. The minimum Gasteiger partial charge on any atom is -0.454 e. The summed E-state index contributed by atoms with van der Waals surface area (Å²) in [5.41, 5.74) is 2.92. The maximum atomic E-state index is 13.3. The highest BCUT2D eigenvalue weighted by Crippen LogP contribution is 2.47. The normalized spacial score (nSPS) is 15.9. The third-order valence-corrected chi connectivity index (χ3v) is 2.82. The number of nitro groups is 1. The number of ether oxygens (including phenoxy) is 2. The van der Waals surface area contributed by atoms with E-state index in [-0.39, 0.29) is 18.3 Å². The number of nitrogens with zero attached hydrogens (tertiary/aromatic N) is 1. The van der Waals surface area contributed by atoms with Gasteiger partial charge in [-0.15, -0.1) is 0 Å². The lowest BCUT2D eigenvalue weighted by Gasteiger charge is -2.25. The average molecular weight is 314 g/mol. The maximum Gasteiger partial charge on any atom is 0.455 e. The first kappa shape index (κ1) is 15.2. The first-order valence-corrected chi connectivity index (χ1v) is 5.33. The summed E-state index contributed by atoms with van der Waals surface area (Å²) in [5, 5.41) is 10.8. The predicted molar refractivity (Wildman–Crippen MR) is 57.1 cm³/mol. The summed E-state index contributed by atoms with van der Waals surface area (Å²) in [4.78, 5) is 9.71. The molecule has 116 valence electrons. The Morgan fingerprint density at radius 2 is 1.71 bits per heavy atom. The zero-order chi connectivity index (χ0) is 16.0. The maximum absolute atomic E-state index is 13.3. The lowest BCUT2D eigenvalue weighted by atomic mass is 9.98. The van der Waals surface area contributed by atoms with Crippen molar-refractivity contribution in [2.45, 2.75) is 18.1 Å². The molecule has 1 aliphatic heterocycles. The van der Waals surface area contributed by atoms with Gasteiger partial charge in [-0.1, -0.05) is 0 Å². The van der Waals surface area contributed by atoms with Gasteiger partial charge in [0.15, 0.2) is 11.5 Å². The number of nitrogens with two attached hydrogens (primary N) is 1. The highest BCUT2D eigenvalue weighted by Gasteiger charge is 2.62. The Hall–Kier alpha value is -2.17. The van der Waals surface area contributed by atoms with Crippen molar-refractivity contribution in [3.8, 4) is 11.5 Å². The standard InChI is InChI=1S/C10H7F5N2O4/c11-9(12,10(13,14)15)8(16)4-1-6-7(21-3-20-6)2-5(4)17(18)19/h1-2,8H,3,16H2/t8-/m0/s1. The van der Waals surface area contributed by atoms with Crippen LogP contribution in [-0.4, -0.2) is 23.8 Å². The van der Waals surface area contributed by atoms with Crippen molar-refractivity contribution in [2.24, 2.45) is 5.73 Å². The first-order chi connectivity index (χ1) is 9.55. The largest absolute Gasteiger partial charge is 0.455 e. The van der Waals surface area contributed by atoms with E-state index in [0.29, 0.717) is 12.1 Å². The molecule has 0 radical (unpaired) electrons. The van der Waals surface area contributed by atoms with E-state index in [1.165, 1.54) is 0 Å². The molecule has 0 unspecified atom stereocenters. The van der Waals surface area contributed by atoms with Gasteiger partial charge in [-0.2, -0.15) is 22.0 Å². The van der Waals surface area contributed by atoms with Crippen molar-refractivity contribution in [3.63, 3.8) is 0 Å². The monoisotopic (exact) mass is 314 g/mol. The summed E-state index contributed by atoms with van der Waals surface area (Å²) >= 11 is 0. The molecule has 0 spiro atoms. The zero-order valence-electron chi connectivity index (χ0n) is 9.99. The number of fused-ring (bicyclic) bond motifs is 1. The lowest BCUT2D eigenvalue weighted by Crippen LogP contribution is -2.46. The molecular weight excluding hydrogens is 307 g/mol. The number of alkyl halides is 5. The summed E-state index contributed by atoms with van der Waals surface area (Å²) in [6.07, 6.45) is -5.95.